The number of unbranched alkanes of at least 4 members (excludes halogenated alkanes) is 22. The van der Waals surface area contributed by atoms with Crippen LogP contribution in [-0.2, 0) is 18.9 Å². The van der Waals surface area contributed by atoms with Crippen LogP contribution >= 0.6 is 0 Å². The molecule has 4 heteroatoms. The van der Waals surface area contributed by atoms with Crippen LogP contribution in [0.5, 0.6) is 0 Å². The second-order valence-corrected chi connectivity index (χ2v) is 11.5. The van der Waals surface area contributed by atoms with Crippen molar-refractivity contribution in [3.8, 4) is 0 Å². The van der Waals surface area contributed by atoms with Crippen molar-refractivity contribution < 1.29 is 18.9 Å². The molecule has 0 aliphatic heterocycles. The largest absolute Gasteiger partial charge is 0.476 e. The Labute approximate surface area is 245 Å². The van der Waals surface area contributed by atoms with E-state index in [0.29, 0.717) is 6.79 Å². The molecular weight excluding hydrogens is 484 g/mol. The average Bonchev–Trinajstić information content (AvgIpc) is 2.95. The van der Waals surface area contributed by atoms with Crippen LogP contribution in [0, 0.1) is 0 Å². The first-order valence-electron chi connectivity index (χ1n) is 17.3. The fraction of sp³-hybridized carbons (Fsp3) is 0.943. The molecule has 0 heterocycles. The van der Waals surface area contributed by atoms with Gasteiger partial charge in [0.2, 0.25) is 0 Å². The van der Waals surface area contributed by atoms with E-state index in [-0.39, 0.29) is 6.29 Å². The third kappa shape index (κ3) is 33.5. The maximum Gasteiger partial charge on any atom is 0.187 e. The number of rotatable bonds is 34. The second-order valence-electron chi connectivity index (χ2n) is 11.5. The van der Waals surface area contributed by atoms with Crippen LogP contribution in [0.4, 0.5) is 0 Å². The van der Waals surface area contributed by atoms with E-state index < -0.39 is 0 Å². The van der Waals surface area contributed by atoms with Crippen LogP contribution in [0.1, 0.15) is 181 Å². The summed E-state index contributed by atoms with van der Waals surface area (Å²) in [6.07, 6.45) is 38.1. The van der Waals surface area contributed by atoms with Crippen LogP contribution in [0.15, 0.2) is 12.3 Å². The van der Waals surface area contributed by atoms with Crippen LogP contribution < -0.4 is 0 Å². The monoisotopic (exact) mass is 555 g/mol. The van der Waals surface area contributed by atoms with Gasteiger partial charge in [-0.05, 0) is 44.6 Å². The Morgan fingerprint density at radius 1 is 0.487 bits per heavy atom. The SMILES string of the molecule is CCCCCCCCCCOC(CCCCCCCCCCC=COCOC)OCCCCCCCCCC. The molecule has 0 spiro atoms. The Balaban J connectivity index is 3.86. The number of hydrogen-bond donors (Lipinski definition) is 0. The van der Waals surface area contributed by atoms with Crippen molar-refractivity contribution in [2.24, 2.45) is 0 Å². The molecule has 234 valence electrons. The van der Waals surface area contributed by atoms with Gasteiger partial charge in [0.15, 0.2) is 13.1 Å². The lowest BCUT2D eigenvalue weighted by atomic mass is 10.1. The molecule has 0 rings (SSSR count). The third-order valence-corrected chi connectivity index (χ3v) is 7.54. The lowest BCUT2D eigenvalue weighted by Crippen LogP contribution is -2.19. The van der Waals surface area contributed by atoms with Crippen molar-refractivity contribution in [2.75, 3.05) is 27.1 Å². The average molecular weight is 555 g/mol. The van der Waals surface area contributed by atoms with Gasteiger partial charge in [-0.15, -0.1) is 0 Å². The highest BCUT2D eigenvalue weighted by Gasteiger charge is 2.09. The standard InChI is InChI=1S/C35H70O4/c1-4-6-8-10-12-20-24-28-32-38-35(39-33-29-25-21-13-11-9-7-5-2)30-26-22-18-16-14-15-17-19-23-27-31-37-34-36-3/h27,31,35H,4-26,28-30,32-34H2,1-3H3. The molecule has 0 amide bonds. The van der Waals surface area contributed by atoms with Crippen molar-refractivity contribution in [3.05, 3.63) is 12.3 Å². The van der Waals surface area contributed by atoms with E-state index in [0.717, 1.165) is 26.1 Å². The first-order chi connectivity index (χ1) is 19.3. The lowest BCUT2D eigenvalue weighted by molar-refractivity contribution is -0.148. The molecule has 0 aromatic carbocycles. The molecular formula is C35H70O4. The zero-order valence-corrected chi connectivity index (χ0v) is 26.9. The summed E-state index contributed by atoms with van der Waals surface area (Å²) in [7, 11) is 1.64. The lowest BCUT2D eigenvalue weighted by Gasteiger charge is -2.19. The minimum atomic E-state index is 0.0139. The second kappa shape index (κ2) is 35.4. The molecule has 0 aliphatic rings. The number of allylic oxidation sites excluding steroid dienone is 1. The van der Waals surface area contributed by atoms with E-state index in [4.69, 9.17) is 18.9 Å². The predicted octanol–water partition coefficient (Wildman–Crippen LogP) is 11.7. The van der Waals surface area contributed by atoms with Crippen molar-refractivity contribution in [1.82, 2.24) is 0 Å². The van der Waals surface area contributed by atoms with E-state index >= 15 is 0 Å². The highest BCUT2D eigenvalue weighted by Crippen LogP contribution is 2.16. The normalized spacial score (nSPS) is 11.8. The quantitative estimate of drug-likeness (QED) is 0.0450. The molecule has 0 aliphatic carbocycles. The Bertz CT molecular complexity index is 432. The number of methoxy groups -OCH3 is 1. The molecule has 39 heavy (non-hydrogen) atoms. The molecule has 0 fully saturated rings. The molecule has 0 atom stereocenters. The minimum absolute atomic E-state index is 0.0139. The molecule has 0 saturated heterocycles. The predicted molar refractivity (Wildman–Crippen MR) is 169 cm³/mol. The molecule has 0 N–H and O–H groups in total. The first kappa shape index (κ1) is 38.4. The summed E-state index contributed by atoms with van der Waals surface area (Å²) < 4.78 is 22.5. The van der Waals surface area contributed by atoms with Crippen LogP contribution in [0.25, 0.3) is 0 Å². The van der Waals surface area contributed by atoms with E-state index in [1.54, 1.807) is 13.4 Å². The van der Waals surface area contributed by atoms with Gasteiger partial charge in [-0.1, -0.05) is 142 Å². The van der Waals surface area contributed by atoms with Gasteiger partial charge in [0, 0.05) is 20.3 Å². The molecule has 0 aromatic rings. The number of ether oxygens (including phenoxy) is 4. The van der Waals surface area contributed by atoms with Crippen LogP contribution in [-0.4, -0.2) is 33.4 Å². The summed E-state index contributed by atoms with van der Waals surface area (Å²) >= 11 is 0. The van der Waals surface area contributed by atoms with Crippen molar-refractivity contribution >= 4 is 0 Å². The summed E-state index contributed by atoms with van der Waals surface area (Å²) in [4.78, 5) is 0. The summed E-state index contributed by atoms with van der Waals surface area (Å²) in [6.45, 7) is 6.65. The van der Waals surface area contributed by atoms with E-state index in [1.807, 2.05) is 0 Å². The van der Waals surface area contributed by atoms with Gasteiger partial charge in [-0.2, -0.15) is 0 Å². The first-order valence-corrected chi connectivity index (χ1v) is 17.3. The maximum absolute atomic E-state index is 6.23. The smallest absolute Gasteiger partial charge is 0.187 e. The fourth-order valence-electron chi connectivity index (χ4n) is 4.99. The Hall–Kier alpha value is -0.580. The summed E-state index contributed by atoms with van der Waals surface area (Å²) in [5.41, 5.74) is 0. The van der Waals surface area contributed by atoms with Crippen LogP contribution in [0.2, 0.25) is 0 Å². The van der Waals surface area contributed by atoms with Gasteiger partial charge >= 0.3 is 0 Å². The highest BCUT2D eigenvalue weighted by molar-refractivity contribution is 4.72. The van der Waals surface area contributed by atoms with Gasteiger partial charge in [0.05, 0.1) is 6.26 Å². The fourth-order valence-corrected chi connectivity index (χ4v) is 4.99. The molecule has 0 aromatic heterocycles. The van der Waals surface area contributed by atoms with Crippen molar-refractivity contribution in [3.63, 3.8) is 0 Å². The molecule has 0 unspecified atom stereocenters. The third-order valence-electron chi connectivity index (χ3n) is 7.54. The van der Waals surface area contributed by atoms with E-state index in [9.17, 15) is 0 Å². The van der Waals surface area contributed by atoms with Gasteiger partial charge in [-0.3, -0.25) is 0 Å². The van der Waals surface area contributed by atoms with Crippen molar-refractivity contribution in [2.45, 2.75) is 187 Å². The van der Waals surface area contributed by atoms with Gasteiger partial charge in [0.25, 0.3) is 0 Å². The summed E-state index contributed by atoms with van der Waals surface area (Å²) in [5, 5.41) is 0. The van der Waals surface area contributed by atoms with E-state index in [2.05, 4.69) is 19.9 Å². The van der Waals surface area contributed by atoms with Crippen LogP contribution in [0.3, 0.4) is 0 Å². The Morgan fingerprint density at radius 3 is 1.36 bits per heavy atom. The minimum Gasteiger partial charge on any atom is -0.476 e. The zero-order chi connectivity index (χ0) is 28.3. The Kier molecular flexibility index (Phi) is 34.9. The molecule has 4 nitrogen and oxygen atoms in total. The van der Waals surface area contributed by atoms with Gasteiger partial charge in [-0.25, -0.2) is 0 Å². The van der Waals surface area contributed by atoms with Crippen molar-refractivity contribution in [1.29, 1.82) is 0 Å². The van der Waals surface area contributed by atoms with Gasteiger partial charge in [0.1, 0.15) is 0 Å². The molecule has 0 saturated carbocycles. The topological polar surface area (TPSA) is 36.9 Å². The molecule has 0 bridgehead atoms. The Morgan fingerprint density at radius 2 is 0.897 bits per heavy atom. The highest BCUT2D eigenvalue weighted by atomic mass is 16.7. The summed E-state index contributed by atoms with van der Waals surface area (Å²) in [6, 6.07) is 0. The molecule has 0 radical (unpaired) electrons. The zero-order valence-electron chi connectivity index (χ0n) is 26.9. The maximum atomic E-state index is 6.23. The number of hydrogen-bond acceptors (Lipinski definition) is 4. The summed E-state index contributed by atoms with van der Waals surface area (Å²) in [5.74, 6) is 0. The van der Waals surface area contributed by atoms with Gasteiger partial charge < -0.3 is 18.9 Å². The van der Waals surface area contributed by atoms with E-state index in [1.165, 1.54) is 154 Å².